The fourth-order valence-corrected chi connectivity index (χ4v) is 1.05. The topological polar surface area (TPSA) is 70.1 Å². The van der Waals surface area contributed by atoms with Crippen LogP contribution in [0.25, 0.3) is 0 Å². The van der Waals surface area contributed by atoms with Crippen LogP contribution in [0.2, 0.25) is 0 Å². The highest BCUT2D eigenvalue weighted by atomic mass is 16.5. The molecule has 0 radical (unpaired) electrons. The Balaban J connectivity index is 2.50. The molecular formula is C7H12N2O4. The molecule has 0 unspecified atom stereocenters. The fraction of sp³-hybridized carbons (Fsp3) is 0.714. The molecule has 0 aromatic carbocycles. The molecule has 0 saturated carbocycles. The summed E-state index contributed by atoms with van der Waals surface area (Å²) in [6.07, 6.45) is -1.24. The summed E-state index contributed by atoms with van der Waals surface area (Å²) in [5.74, 6) is 0. The number of hydrogen-bond acceptors (Lipinski definition) is 3. The third-order valence-corrected chi connectivity index (χ3v) is 1.86. The number of morpholine rings is 1. The maximum Gasteiger partial charge on any atom is 0.415 e. The van der Waals surface area contributed by atoms with Gasteiger partial charge in [0.15, 0.2) is 0 Å². The molecule has 0 aromatic heterocycles. The quantitative estimate of drug-likeness (QED) is 0.583. The third kappa shape index (κ3) is 2.32. The van der Waals surface area contributed by atoms with E-state index in [4.69, 9.17) is 9.84 Å². The Morgan fingerprint density at radius 1 is 1.38 bits per heavy atom. The van der Waals surface area contributed by atoms with Crippen LogP contribution < -0.4 is 0 Å². The van der Waals surface area contributed by atoms with Crippen LogP contribution in [0.4, 0.5) is 9.59 Å². The summed E-state index contributed by atoms with van der Waals surface area (Å²) >= 11 is 0. The average Bonchev–Trinajstić information content (AvgIpc) is 2.17. The van der Waals surface area contributed by atoms with Gasteiger partial charge >= 0.3 is 12.1 Å². The molecule has 74 valence electrons. The summed E-state index contributed by atoms with van der Waals surface area (Å²) in [6, 6.07) is -0.490. The minimum Gasteiger partial charge on any atom is -0.465 e. The molecule has 1 fully saturated rings. The molecule has 6 nitrogen and oxygen atoms in total. The number of carbonyl (C=O) groups excluding carboxylic acids is 1. The van der Waals surface area contributed by atoms with Gasteiger partial charge in [-0.25, -0.2) is 14.5 Å². The van der Waals surface area contributed by atoms with Crippen LogP contribution in [0.3, 0.4) is 0 Å². The lowest BCUT2D eigenvalue weighted by Crippen LogP contribution is -2.48. The molecule has 1 saturated heterocycles. The summed E-state index contributed by atoms with van der Waals surface area (Å²) in [4.78, 5) is 23.9. The van der Waals surface area contributed by atoms with Gasteiger partial charge in [-0.3, -0.25) is 0 Å². The lowest BCUT2D eigenvalue weighted by molar-refractivity contribution is 0.0454. The summed E-state index contributed by atoms with van der Waals surface area (Å²) in [5.41, 5.74) is 0. The lowest BCUT2D eigenvalue weighted by atomic mass is 10.4. The maximum absolute atomic E-state index is 11.4. The largest absolute Gasteiger partial charge is 0.465 e. The zero-order valence-corrected chi connectivity index (χ0v) is 7.39. The van der Waals surface area contributed by atoms with Crippen molar-refractivity contribution >= 4 is 12.1 Å². The number of nitrogens with zero attached hydrogens (tertiary/aromatic N) is 2. The van der Waals surface area contributed by atoms with Gasteiger partial charge in [-0.15, -0.1) is 0 Å². The Kier molecular flexibility index (Phi) is 3.07. The van der Waals surface area contributed by atoms with Gasteiger partial charge in [0, 0.05) is 20.1 Å². The molecule has 1 N–H and O–H groups in total. The lowest BCUT2D eigenvalue weighted by Gasteiger charge is -2.28. The van der Waals surface area contributed by atoms with Crippen molar-refractivity contribution in [2.45, 2.75) is 0 Å². The third-order valence-electron chi connectivity index (χ3n) is 1.86. The predicted molar refractivity (Wildman–Crippen MR) is 43.6 cm³/mol. The Labute approximate surface area is 75.7 Å². The first-order chi connectivity index (χ1) is 6.13. The number of carbonyl (C=O) groups is 2. The van der Waals surface area contributed by atoms with Gasteiger partial charge in [0.2, 0.25) is 0 Å². The van der Waals surface area contributed by atoms with Crippen molar-refractivity contribution in [3.63, 3.8) is 0 Å². The summed E-state index contributed by atoms with van der Waals surface area (Å²) in [6.45, 7) is 1.85. The Hall–Kier alpha value is -1.30. The second kappa shape index (κ2) is 4.08. The Morgan fingerprint density at radius 2 is 1.92 bits per heavy atom. The number of imide groups is 1. The van der Waals surface area contributed by atoms with Crippen LogP contribution in [0, 0.1) is 0 Å². The van der Waals surface area contributed by atoms with E-state index in [1.165, 1.54) is 11.9 Å². The molecule has 1 rings (SSSR count). The van der Waals surface area contributed by atoms with Crippen LogP contribution in [0.1, 0.15) is 0 Å². The van der Waals surface area contributed by atoms with Crippen LogP contribution in [0.5, 0.6) is 0 Å². The molecule has 1 aliphatic heterocycles. The summed E-state index contributed by atoms with van der Waals surface area (Å²) in [7, 11) is 1.24. The van der Waals surface area contributed by atoms with E-state index < -0.39 is 12.1 Å². The first-order valence-electron chi connectivity index (χ1n) is 3.96. The van der Waals surface area contributed by atoms with E-state index in [-0.39, 0.29) is 0 Å². The number of carboxylic acid groups (broad SMARTS) is 1. The van der Waals surface area contributed by atoms with E-state index in [0.717, 1.165) is 0 Å². The van der Waals surface area contributed by atoms with Crippen molar-refractivity contribution < 1.29 is 19.4 Å². The van der Waals surface area contributed by atoms with Gasteiger partial charge in [-0.1, -0.05) is 0 Å². The highest BCUT2D eigenvalue weighted by Gasteiger charge is 2.23. The zero-order chi connectivity index (χ0) is 9.84. The van der Waals surface area contributed by atoms with Crippen molar-refractivity contribution in [3.05, 3.63) is 0 Å². The van der Waals surface area contributed by atoms with Gasteiger partial charge in [-0.2, -0.15) is 0 Å². The summed E-state index contributed by atoms with van der Waals surface area (Å²) < 4.78 is 5.03. The average molecular weight is 188 g/mol. The second-order valence-electron chi connectivity index (χ2n) is 2.72. The molecule has 6 heteroatoms. The van der Waals surface area contributed by atoms with E-state index >= 15 is 0 Å². The number of urea groups is 1. The molecule has 0 aromatic rings. The van der Waals surface area contributed by atoms with Crippen molar-refractivity contribution in [2.24, 2.45) is 0 Å². The van der Waals surface area contributed by atoms with Crippen molar-refractivity contribution in [1.82, 2.24) is 9.80 Å². The van der Waals surface area contributed by atoms with Gasteiger partial charge in [0.1, 0.15) is 0 Å². The van der Waals surface area contributed by atoms with E-state index in [9.17, 15) is 9.59 Å². The van der Waals surface area contributed by atoms with Gasteiger partial charge in [0.25, 0.3) is 0 Å². The molecule has 13 heavy (non-hydrogen) atoms. The highest BCUT2D eigenvalue weighted by molar-refractivity contribution is 5.89. The number of ether oxygens (including phenoxy) is 1. The van der Waals surface area contributed by atoms with Crippen LogP contribution in [0.15, 0.2) is 0 Å². The van der Waals surface area contributed by atoms with E-state index in [0.29, 0.717) is 31.2 Å². The molecule has 3 amide bonds. The highest BCUT2D eigenvalue weighted by Crippen LogP contribution is 2.01. The monoisotopic (exact) mass is 188 g/mol. The molecule has 1 aliphatic rings. The molecular weight excluding hydrogens is 176 g/mol. The van der Waals surface area contributed by atoms with Gasteiger partial charge in [0.05, 0.1) is 13.2 Å². The van der Waals surface area contributed by atoms with E-state index in [1.807, 2.05) is 0 Å². The first kappa shape index (κ1) is 9.79. The first-order valence-corrected chi connectivity index (χ1v) is 3.96. The normalized spacial score (nSPS) is 16.8. The number of amides is 3. The summed E-state index contributed by atoms with van der Waals surface area (Å²) in [5, 5.41) is 8.53. The molecule has 0 atom stereocenters. The number of hydrogen-bond donors (Lipinski definition) is 1. The van der Waals surface area contributed by atoms with Gasteiger partial charge < -0.3 is 14.7 Å². The van der Waals surface area contributed by atoms with Crippen LogP contribution in [-0.4, -0.2) is 60.4 Å². The van der Waals surface area contributed by atoms with E-state index in [2.05, 4.69) is 0 Å². The Morgan fingerprint density at radius 3 is 2.38 bits per heavy atom. The fourth-order valence-electron chi connectivity index (χ4n) is 1.05. The van der Waals surface area contributed by atoms with Crippen molar-refractivity contribution in [3.8, 4) is 0 Å². The standard InChI is InChI=1S/C7H12N2O4/c1-8(7(11)12)6(10)9-2-4-13-5-3-9/h2-5H2,1H3,(H,11,12). The SMILES string of the molecule is CN(C(=O)O)C(=O)N1CCOCC1. The Bertz CT molecular complexity index is 213. The molecule has 0 spiro atoms. The smallest absolute Gasteiger partial charge is 0.415 e. The molecule has 1 heterocycles. The van der Waals surface area contributed by atoms with Crippen molar-refractivity contribution in [1.29, 1.82) is 0 Å². The minimum atomic E-state index is -1.24. The van der Waals surface area contributed by atoms with Crippen LogP contribution in [-0.2, 0) is 4.74 Å². The van der Waals surface area contributed by atoms with Crippen molar-refractivity contribution in [2.75, 3.05) is 33.4 Å². The van der Waals surface area contributed by atoms with Gasteiger partial charge in [-0.05, 0) is 0 Å². The molecule has 0 bridgehead atoms. The van der Waals surface area contributed by atoms with E-state index in [1.54, 1.807) is 0 Å². The number of rotatable bonds is 0. The predicted octanol–water partition coefficient (Wildman–Crippen LogP) is 0.0484. The maximum atomic E-state index is 11.4. The zero-order valence-electron chi connectivity index (χ0n) is 7.39. The molecule has 0 aliphatic carbocycles. The minimum absolute atomic E-state index is 0.455. The second-order valence-corrected chi connectivity index (χ2v) is 2.72. The van der Waals surface area contributed by atoms with Crippen LogP contribution >= 0.6 is 0 Å².